The molecule has 8 heteroatoms. The number of nitrogens with one attached hydrogen (secondary N) is 1. The zero-order valence-corrected chi connectivity index (χ0v) is 19.5. The number of nitrogens with zero attached hydrogens (tertiary/aromatic N) is 2. The third kappa shape index (κ3) is 8.94. The summed E-state index contributed by atoms with van der Waals surface area (Å²) in [4.78, 5) is 8.24. The van der Waals surface area contributed by atoms with Gasteiger partial charge < -0.3 is 10.2 Å². The Bertz CT molecular complexity index is 654. The predicted molar refractivity (Wildman–Crippen MR) is 123 cm³/mol. The summed E-state index contributed by atoms with van der Waals surface area (Å²) in [5.74, 6) is 2.90. The summed E-state index contributed by atoms with van der Waals surface area (Å²) in [5.41, 5.74) is 0. The molecular formula is C18H30IN3O2S2. The molecule has 1 heterocycles. The minimum atomic E-state index is -2.90. The van der Waals surface area contributed by atoms with E-state index in [9.17, 15) is 8.42 Å². The Balaban J connectivity index is 0.00000338. The molecule has 1 unspecified atom stereocenters. The molecule has 0 radical (unpaired) electrons. The van der Waals surface area contributed by atoms with Crippen molar-refractivity contribution >= 4 is 51.5 Å². The monoisotopic (exact) mass is 511 g/mol. The molecule has 1 fully saturated rings. The first-order chi connectivity index (χ1) is 12.0. The topological polar surface area (TPSA) is 61.8 Å². The lowest BCUT2D eigenvalue weighted by molar-refractivity contribution is 0.474. The van der Waals surface area contributed by atoms with Crippen molar-refractivity contribution in [2.45, 2.75) is 24.7 Å². The van der Waals surface area contributed by atoms with E-state index in [0.29, 0.717) is 18.9 Å². The average Bonchev–Trinajstić information content (AvgIpc) is 3.05. The van der Waals surface area contributed by atoms with Gasteiger partial charge in [-0.15, -0.1) is 35.7 Å². The van der Waals surface area contributed by atoms with Crippen LogP contribution in [0.3, 0.4) is 0 Å². The van der Waals surface area contributed by atoms with Crippen LogP contribution >= 0.6 is 35.7 Å². The first kappa shape index (κ1) is 23.6. The third-order valence-electron chi connectivity index (χ3n) is 4.08. The lowest BCUT2D eigenvalue weighted by Crippen LogP contribution is -2.40. The van der Waals surface area contributed by atoms with Gasteiger partial charge in [-0.05, 0) is 37.8 Å². The zero-order chi connectivity index (χ0) is 18.1. The summed E-state index contributed by atoms with van der Waals surface area (Å²) in [7, 11) is -2.90. The van der Waals surface area contributed by atoms with Crippen molar-refractivity contribution in [2.24, 2.45) is 10.9 Å². The van der Waals surface area contributed by atoms with Crippen molar-refractivity contribution < 1.29 is 8.42 Å². The van der Waals surface area contributed by atoms with Crippen LogP contribution in [0.1, 0.15) is 19.8 Å². The zero-order valence-electron chi connectivity index (χ0n) is 15.6. The maximum absolute atomic E-state index is 11.2. The van der Waals surface area contributed by atoms with Gasteiger partial charge in [-0.1, -0.05) is 18.2 Å². The highest BCUT2D eigenvalue weighted by Gasteiger charge is 2.24. The number of hydrogen-bond donors (Lipinski definition) is 1. The third-order valence-corrected chi connectivity index (χ3v) is 6.36. The Hall–Kier alpha value is -0.480. The second kappa shape index (κ2) is 12.1. The fourth-order valence-corrected chi connectivity index (χ4v) is 4.53. The van der Waals surface area contributed by atoms with Gasteiger partial charge in [-0.3, -0.25) is 4.99 Å². The number of guanidine groups is 1. The number of thioether (sulfide) groups is 1. The van der Waals surface area contributed by atoms with E-state index in [-0.39, 0.29) is 29.7 Å². The quantitative estimate of drug-likeness (QED) is 0.191. The number of rotatable bonds is 8. The molecule has 0 aromatic heterocycles. The molecule has 1 N–H and O–H groups in total. The molecule has 0 bridgehead atoms. The molecule has 1 atom stereocenters. The lowest BCUT2D eigenvalue weighted by atomic mass is 10.2. The van der Waals surface area contributed by atoms with Gasteiger partial charge in [0.25, 0.3) is 0 Å². The van der Waals surface area contributed by atoms with Crippen LogP contribution in [0.15, 0.2) is 40.2 Å². The summed E-state index contributed by atoms with van der Waals surface area (Å²) in [6, 6.07) is 10.5. The Morgan fingerprint density at radius 1 is 1.35 bits per heavy atom. The van der Waals surface area contributed by atoms with Crippen molar-refractivity contribution in [1.82, 2.24) is 10.2 Å². The molecule has 0 spiro atoms. The van der Waals surface area contributed by atoms with Crippen LogP contribution in [-0.4, -0.2) is 63.2 Å². The molecule has 148 valence electrons. The number of hydrogen-bond acceptors (Lipinski definition) is 4. The minimum Gasteiger partial charge on any atom is -0.357 e. The minimum absolute atomic E-state index is 0. The van der Waals surface area contributed by atoms with E-state index in [1.807, 2.05) is 17.8 Å². The Morgan fingerprint density at radius 2 is 2.08 bits per heavy atom. The molecule has 5 nitrogen and oxygen atoms in total. The largest absolute Gasteiger partial charge is 0.357 e. The molecule has 1 saturated heterocycles. The number of benzene rings is 1. The summed E-state index contributed by atoms with van der Waals surface area (Å²) in [6.45, 7) is 5.46. The van der Waals surface area contributed by atoms with Gasteiger partial charge in [0, 0.05) is 43.1 Å². The fourth-order valence-electron chi connectivity index (χ4n) is 2.83. The summed E-state index contributed by atoms with van der Waals surface area (Å²) in [6.07, 6.45) is 3.03. The molecule has 1 aromatic rings. The Kier molecular flexibility index (Phi) is 10.9. The molecule has 2 rings (SSSR count). The number of sulfone groups is 1. The van der Waals surface area contributed by atoms with Crippen LogP contribution in [0.2, 0.25) is 0 Å². The van der Waals surface area contributed by atoms with Crippen molar-refractivity contribution in [2.75, 3.05) is 43.9 Å². The van der Waals surface area contributed by atoms with Crippen molar-refractivity contribution in [3.05, 3.63) is 30.3 Å². The molecule has 26 heavy (non-hydrogen) atoms. The number of halogens is 1. The van der Waals surface area contributed by atoms with Crippen molar-refractivity contribution in [3.8, 4) is 0 Å². The van der Waals surface area contributed by atoms with E-state index >= 15 is 0 Å². The van der Waals surface area contributed by atoms with E-state index in [1.165, 1.54) is 17.6 Å². The fraction of sp³-hybridized carbons (Fsp3) is 0.611. The van der Waals surface area contributed by atoms with Gasteiger partial charge in [-0.25, -0.2) is 8.42 Å². The number of likely N-dealkylation sites (tertiary alicyclic amines) is 1. The molecular weight excluding hydrogens is 481 g/mol. The number of aliphatic imine (C=N–C) groups is 1. The van der Waals surface area contributed by atoms with Crippen molar-refractivity contribution in [3.63, 3.8) is 0 Å². The normalized spacial score (nSPS) is 17.8. The van der Waals surface area contributed by atoms with Gasteiger partial charge in [0.1, 0.15) is 9.84 Å². The second-order valence-corrected chi connectivity index (χ2v) is 9.80. The van der Waals surface area contributed by atoms with E-state index in [2.05, 4.69) is 46.4 Å². The highest BCUT2D eigenvalue weighted by Crippen LogP contribution is 2.25. The van der Waals surface area contributed by atoms with Gasteiger partial charge in [0.2, 0.25) is 0 Å². The summed E-state index contributed by atoms with van der Waals surface area (Å²) < 4.78 is 22.4. The second-order valence-electron chi connectivity index (χ2n) is 6.44. The van der Waals surface area contributed by atoms with Gasteiger partial charge in [-0.2, -0.15) is 0 Å². The highest BCUT2D eigenvalue weighted by atomic mass is 127. The summed E-state index contributed by atoms with van der Waals surface area (Å²) in [5, 5.41) is 3.34. The molecule has 1 aliphatic rings. The first-order valence-corrected chi connectivity index (χ1v) is 11.9. The van der Waals surface area contributed by atoms with Gasteiger partial charge in [0.05, 0.1) is 5.75 Å². The van der Waals surface area contributed by atoms with E-state index in [1.54, 1.807) is 0 Å². The smallest absolute Gasteiger partial charge is 0.193 e. The molecule has 1 aromatic carbocycles. The molecule has 1 aliphatic heterocycles. The van der Waals surface area contributed by atoms with E-state index in [0.717, 1.165) is 31.3 Å². The van der Waals surface area contributed by atoms with Crippen LogP contribution in [0.5, 0.6) is 0 Å². The van der Waals surface area contributed by atoms with Crippen LogP contribution in [0.4, 0.5) is 0 Å². The average molecular weight is 511 g/mol. The Morgan fingerprint density at radius 3 is 2.73 bits per heavy atom. The molecule has 0 saturated carbocycles. The highest BCUT2D eigenvalue weighted by molar-refractivity contribution is 14.0. The SMILES string of the molecule is CCNC(=NCCCS(C)(=O)=O)N1CCC(CSc2ccccc2)C1.I. The molecule has 0 amide bonds. The predicted octanol–water partition coefficient (Wildman–Crippen LogP) is 3.12. The summed E-state index contributed by atoms with van der Waals surface area (Å²) >= 11 is 1.92. The van der Waals surface area contributed by atoms with Crippen LogP contribution < -0.4 is 5.32 Å². The van der Waals surface area contributed by atoms with E-state index in [4.69, 9.17) is 0 Å². The standard InChI is InChI=1S/C18H29N3O2S2.HI/c1-3-19-18(20-11-7-13-25(2,22)23)21-12-10-16(14-21)15-24-17-8-5-4-6-9-17;/h4-6,8-9,16H,3,7,10-15H2,1-2H3,(H,19,20);1H. The van der Waals surface area contributed by atoms with Crippen LogP contribution in [0.25, 0.3) is 0 Å². The molecule has 0 aliphatic carbocycles. The van der Waals surface area contributed by atoms with E-state index < -0.39 is 9.84 Å². The van der Waals surface area contributed by atoms with Gasteiger partial charge in [0.15, 0.2) is 5.96 Å². The maximum Gasteiger partial charge on any atom is 0.193 e. The van der Waals surface area contributed by atoms with Crippen LogP contribution in [-0.2, 0) is 9.84 Å². The Labute approximate surface area is 179 Å². The maximum atomic E-state index is 11.2. The lowest BCUT2D eigenvalue weighted by Gasteiger charge is -2.21. The van der Waals surface area contributed by atoms with Crippen molar-refractivity contribution in [1.29, 1.82) is 0 Å². The van der Waals surface area contributed by atoms with Gasteiger partial charge >= 0.3 is 0 Å². The first-order valence-electron chi connectivity index (χ1n) is 8.87. The van der Waals surface area contributed by atoms with Crippen LogP contribution in [0, 0.1) is 5.92 Å².